The van der Waals surface area contributed by atoms with E-state index in [2.05, 4.69) is 24.0 Å². The summed E-state index contributed by atoms with van der Waals surface area (Å²) in [5.41, 5.74) is 9.84. The molecule has 0 radical (unpaired) electrons. The molecular weight excluding hydrogens is 256 g/mol. The van der Waals surface area contributed by atoms with E-state index >= 15 is 0 Å². The summed E-state index contributed by atoms with van der Waals surface area (Å²) in [5, 5.41) is 0. The zero-order chi connectivity index (χ0) is 14.7. The number of nitrogens with zero attached hydrogens (tertiary/aromatic N) is 1. The van der Waals surface area contributed by atoms with E-state index in [-0.39, 0.29) is 0 Å². The molecule has 2 fully saturated rings. The van der Waals surface area contributed by atoms with Gasteiger partial charge in [-0.25, -0.2) is 0 Å². The van der Waals surface area contributed by atoms with E-state index in [9.17, 15) is 0 Å². The van der Waals surface area contributed by atoms with Gasteiger partial charge < -0.3 is 10.6 Å². The zero-order valence-electron chi connectivity index (χ0n) is 13.5. The lowest BCUT2D eigenvalue weighted by molar-refractivity contribution is 0.339. The molecule has 3 rings (SSSR count). The summed E-state index contributed by atoms with van der Waals surface area (Å²) in [6.45, 7) is 2.20. The number of benzene rings is 1. The molecule has 0 atom stereocenters. The van der Waals surface area contributed by atoms with Crippen LogP contribution in [-0.2, 0) is 0 Å². The van der Waals surface area contributed by atoms with Gasteiger partial charge in [0.15, 0.2) is 0 Å². The number of nitrogens with two attached hydrogens (primary N) is 1. The normalized spacial score (nSPS) is 21.4. The van der Waals surface area contributed by atoms with Gasteiger partial charge in [0, 0.05) is 23.5 Å². The highest BCUT2D eigenvalue weighted by molar-refractivity contribution is 5.65. The molecule has 2 N–H and O–H groups in total. The first-order chi connectivity index (χ1) is 10.3. The van der Waals surface area contributed by atoms with Crippen molar-refractivity contribution in [3.8, 4) is 0 Å². The quantitative estimate of drug-likeness (QED) is 0.788. The van der Waals surface area contributed by atoms with Crippen LogP contribution in [0.15, 0.2) is 18.2 Å². The Kier molecular flexibility index (Phi) is 4.72. The van der Waals surface area contributed by atoms with Crippen LogP contribution in [0.2, 0.25) is 0 Å². The molecular formula is C19H30N2. The van der Waals surface area contributed by atoms with Crippen LogP contribution in [0.3, 0.4) is 0 Å². The van der Waals surface area contributed by atoms with Crippen LogP contribution in [0.5, 0.6) is 0 Å². The van der Waals surface area contributed by atoms with Crippen molar-refractivity contribution in [2.45, 2.75) is 83.2 Å². The molecule has 2 aliphatic carbocycles. The molecule has 21 heavy (non-hydrogen) atoms. The Hall–Kier alpha value is -1.18. The van der Waals surface area contributed by atoms with Crippen LogP contribution in [-0.4, -0.2) is 12.1 Å². The van der Waals surface area contributed by atoms with Crippen molar-refractivity contribution in [1.29, 1.82) is 0 Å². The minimum absolute atomic E-state index is 0.738. The average molecular weight is 286 g/mol. The molecule has 0 aromatic heterocycles. The van der Waals surface area contributed by atoms with Crippen molar-refractivity contribution in [1.82, 2.24) is 0 Å². The first-order valence-electron chi connectivity index (χ1n) is 8.91. The zero-order valence-corrected chi connectivity index (χ0v) is 13.5. The summed E-state index contributed by atoms with van der Waals surface area (Å²) >= 11 is 0. The third-order valence-electron chi connectivity index (χ3n) is 5.56. The number of hydrogen-bond acceptors (Lipinski definition) is 2. The second kappa shape index (κ2) is 6.72. The van der Waals surface area contributed by atoms with Gasteiger partial charge in [0.2, 0.25) is 0 Å². The highest BCUT2D eigenvalue weighted by Crippen LogP contribution is 2.36. The Morgan fingerprint density at radius 3 is 1.90 bits per heavy atom. The lowest BCUT2D eigenvalue weighted by Crippen LogP contribution is -2.45. The molecule has 1 aromatic rings. The highest BCUT2D eigenvalue weighted by Gasteiger charge is 2.30. The van der Waals surface area contributed by atoms with E-state index in [1.807, 2.05) is 6.07 Å². The van der Waals surface area contributed by atoms with Crippen molar-refractivity contribution in [2.24, 2.45) is 0 Å². The monoisotopic (exact) mass is 286 g/mol. The second-order valence-electron chi connectivity index (χ2n) is 6.98. The minimum Gasteiger partial charge on any atom is -0.398 e. The molecule has 1 aromatic carbocycles. The SMILES string of the molecule is Cc1c(N)cccc1N(C1CCCCC1)C1CCCCC1. The maximum Gasteiger partial charge on any atom is 0.0421 e. The average Bonchev–Trinajstić information content (AvgIpc) is 2.54. The molecule has 0 unspecified atom stereocenters. The Balaban J connectivity index is 1.91. The number of rotatable bonds is 3. The maximum absolute atomic E-state index is 6.19. The van der Waals surface area contributed by atoms with Gasteiger partial charge in [-0.15, -0.1) is 0 Å². The predicted molar refractivity (Wildman–Crippen MR) is 91.8 cm³/mol. The van der Waals surface area contributed by atoms with E-state index in [4.69, 9.17) is 5.73 Å². The van der Waals surface area contributed by atoms with E-state index in [0.717, 1.165) is 17.8 Å². The molecule has 0 heterocycles. The topological polar surface area (TPSA) is 29.3 Å². The standard InChI is InChI=1S/C19H30N2/c1-15-18(20)13-8-14-19(15)21(16-9-4-2-5-10-16)17-11-6-3-7-12-17/h8,13-14,16-17H,2-7,9-12,20H2,1H3. The van der Waals surface area contributed by atoms with Crippen LogP contribution in [0.25, 0.3) is 0 Å². The van der Waals surface area contributed by atoms with Crippen LogP contribution in [0.4, 0.5) is 11.4 Å². The molecule has 2 saturated carbocycles. The van der Waals surface area contributed by atoms with E-state index in [1.165, 1.54) is 75.5 Å². The predicted octanol–water partition coefficient (Wildman–Crippen LogP) is 5.05. The Bertz CT molecular complexity index is 439. The van der Waals surface area contributed by atoms with Crippen molar-refractivity contribution < 1.29 is 0 Å². The third-order valence-corrected chi connectivity index (χ3v) is 5.56. The molecule has 0 amide bonds. The molecule has 0 bridgehead atoms. The van der Waals surface area contributed by atoms with Gasteiger partial charge in [-0.2, -0.15) is 0 Å². The molecule has 2 nitrogen and oxygen atoms in total. The van der Waals surface area contributed by atoms with Crippen molar-refractivity contribution in [2.75, 3.05) is 10.6 Å². The van der Waals surface area contributed by atoms with Gasteiger partial charge >= 0.3 is 0 Å². The fourth-order valence-electron chi connectivity index (χ4n) is 4.33. The summed E-state index contributed by atoms with van der Waals surface area (Å²) < 4.78 is 0. The molecule has 0 spiro atoms. The van der Waals surface area contributed by atoms with Crippen LogP contribution >= 0.6 is 0 Å². The van der Waals surface area contributed by atoms with E-state index < -0.39 is 0 Å². The summed E-state index contributed by atoms with van der Waals surface area (Å²) in [5.74, 6) is 0. The molecule has 2 aliphatic rings. The molecule has 0 saturated heterocycles. The molecule has 2 heteroatoms. The third kappa shape index (κ3) is 3.20. The lowest BCUT2D eigenvalue weighted by atomic mass is 9.87. The first-order valence-corrected chi connectivity index (χ1v) is 8.91. The fourth-order valence-corrected chi connectivity index (χ4v) is 4.33. The van der Waals surface area contributed by atoms with Crippen LogP contribution in [0, 0.1) is 6.92 Å². The van der Waals surface area contributed by atoms with Gasteiger partial charge in [-0.3, -0.25) is 0 Å². The largest absolute Gasteiger partial charge is 0.398 e. The van der Waals surface area contributed by atoms with Gasteiger partial charge in [0.1, 0.15) is 0 Å². The number of hydrogen-bond donors (Lipinski definition) is 1. The second-order valence-corrected chi connectivity index (χ2v) is 6.98. The smallest absolute Gasteiger partial charge is 0.0421 e. The maximum atomic E-state index is 6.19. The molecule has 116 valence electrons. The summed E-state index contributed by atoms with van der Waals surface area (Å²) in [6, 6.07) is 7.95. The van der Waals surface area contributed by atoms with E-state index in [1.54, 1.807) is 0 Å². The first kappa shape index (κ1) is 14.7. The summed E-state index contributed by atoms with van der Waals surface area (Å²) in [7, 11) is 0. The Labute approximate surface area is 129 Å². The van der Waals surface area contributed by atoms with Gasteiger partial charge in [-0.05, 0) is 50.3 Å². The Morgan fingerprint density at radius 1 is 0.857 bits per heavy atom. The van der Waals surface area contributed by atoms with Crippen molar-refractivity contribution in [3.05, 3.63) is 23.8 Å². The molecule has 0 aliphatic heterocycles. The van der Waals surface area contributed by atoms with Crippen molar-refractivity contribution >= 4 is 11.4 Å². The number of nitrogen functional groups attached to an aromatic ring is 1. The van der Waals surface area contributed by atoms with Crippen LogP contribution in [0.1, 0.15) is 69.8 Å². The minimum atomic E-state index is 0.738. The lowest BCUT2D eigenvalue weighted by Gasteiger charge is -2.44. The summed E-state index contributed by atoms with van der Waals surface area (Å²) in [4.78, 5) is 2.78. The fraction of sp³-hybridized carbons (Fsp3) is 0.684. The number of anilines is 2. The van der Waals surface area contributed by atoms with E-state index in [0.29, 0.717) is 0 Å². The summed E-state index contributed by atoms with van der Waals surface area (Å²) in [6.07, 6.45) is 13.9. The van der Waals surface area contributed by atoms with Gasteiger partial charge in [0.05, 0.1) is 0 Å². The highest BCUT2D eigenvalue weighted by atomic mass is 15.2. The van der Waals surface area contributed by atoms with Gasteiger partial charge in [0.25, 0.3) is 0 Å². The van der Waals surface area contributed by atoms with Crippen molar-refractivity contribution in [3.63, 3.8) is 0 Å². The van der Waals surface area contributed by atoms with Crippen LogP contribution < -0.4 is 10.6 Å². The van der Waals surface area contributed by atoms with Gasteiger partial charge in [-0.1, -0.05) is 44.6 Å². The Morgan fingerprint density at radius 2 is 1.38 bits per heavy atom.